The predicted octanol–water partition coefficient (Wildman–Crippen LogP) is 2.12. The van der Waals surface area contributed by atoms with Gasteiger partial charge in [-0.15, -0.1) is 11.3 Å². The molecule has 1 fully saturated rings. The van der Waals surface area contributed by atoms with Crippen molar-refractivity contribution >= 4 is 17.3 Å². The van der Waals surface area contributed by atoms with Gasteiger partial charge in [0.25, 0.3) is 0 Å². The smallest absolute Gasteiger partial charge is 0.191 e. The van der Waals surface area contributed by atoms with Gasteiger partial charge in [-0.25, -0.2) is 4.98 Å². The molecule has 0 spiro atoms. The topological polar surface area (TPSA) is 58.5 Å². The van der Waals surface area contributed by atoms with Crippen molar-refractivity contribution in [1.82, 2.24) is 15.6 Å². The van der Waals surface area contributed by atoms with E-state index in [4.69, 9.17) is 4.74 Å². The highest BCUT2D eigenvalue weighted by Gasteiger charge is 2.15. The van der Waals surface area contributed by atoms with Gasteiger partial charge in [0.1, 0.15) is 0 Å². The van der Waals surface area contributed by atoms with Crippen LogP contribution in [0.5, 0.6) is 0 Å². The maximum absolute atomic E-state index is 5.59. The van der Waals surface area contributed by atoms with Crippen LogP contribution in [0.25, 0.3) is 0 Å². The molecule has 6 heteroatoms. The van der Waals surface area contributed by atoms with Gasteiger partial charge < -0.3 is 15.4 Å². The summed E-state index contributed by atoms with van der Waals surface area (Å²) in [5, 5.41) is 10.0. The molecule has 1 unspecified atom stereocenters. The zero-order chi connectivity index (χ0) is 14.9. The van der Waals surface area contributed by atoms with Gasteiger partial charge in [-0.05, 0) is 39.0 Å². The number of hydrogen-bond acceptors (Lipinski definition) is 4. The van der Waals surface area contributed by atoms with Gasteiger partial charge >= 0.3 is 0 Å². The fraction of sp³-hybridized carbons (Fsp3) is 0.733. The number of aliphatic imine (C=N–C) groups is 1. The lowest BCUT2D eigenvalue weighted by atomic mass is 10.2. The van der Waals surface area contributed by atoms with Crippen molar-refractivity contribution in [2.24, 2.45) is 4.99 Å². The molecule has 0 aliphatic carbocycles. The molecule has 0 amide bonds. The minimum absolute atomic E-state index is 0.344. The molecule has 118 valence electrons. The first kappa shape index (κ1) is 16.2. The quantitative estimate of drug-likeness (QED) is 0.460. The number of unbranched alkanes of at least 4 members (excludes halogenated alkanes) is 1. The summed E-state index contributed by atoms with van der Waals surface area (Å²) >= 11 is 1.76. The number of aryl methyl sites for hydroxylation is 2. The molecule has 1 aromatic heterocycles. The van der Waals surface area contributed by atoms with Crippen LogP contribution in [-0.2, 0) is 11.2 Å². The molecule has 1 saturated heterocycles. The number of ether oxygens (including phenoxy) is 1. The molecule has 5 nitrogen and oxygen atoms in total. The number of hydrogen-bond donors (Lipinski definition) is 2. The van der Waals surface area contributed by atoms with Gasteiger partial charge in [0.05, 0.1) is 11.1 Å². The molecule has 0 saturated carbocycles. The van der Waals surface area contributed by atoms with Crippen LogP contribution in [0.3, 0.4) is 0 Å². The van der Waals surface area contributed by atoms with E-state index in [1.807, 2.05) is 14.0 Å². The lowest BCUT2D eigenvalue weighted by Crippen LogP contribution is -2.41. The molecular weight excluding hydrogens is 284 g/mol. The zero-order valence-corrected chi connectivity index (χ0v) is 13.8. The summed E-state index contributed by atoms with van der Waals surface area (Å²) in [5.41, 5.74) is 1.13. The second kappa shape index (κ2) is 9.00. The molecule has 1 atom stereocenters. The first-order valence-electron chi connectivity index (χ1n) is 7.75. The van der Waals surface area contributed by atoms with Crippen molar-refractivity contribution in [2.75, 3.05) is 26.7 Å². The highest BCUT2D eigenvalue weighted by atomic mass is 32.1. The van der Waals surface area contributed by atoms with E-state index in [2.05, 4.69) is 26.0 Å². The largest absolute Gasteiger partial charge is 0.376 e. The van der Waals surface area contributed by atoms with Gasteiger partial charge in [0.15, 0.2) is 5.96 Å². The van der Waals surface area contributed by atoms with Crippen molar-refractivity contribution in [3.05, 3.63) is 16.1 Å². The Balaban J connectivity index is 1.53. The van der Waals surface area contributed by atoms with Crippen molar-refractivity contribution in [2.45, 2.75) is 45.1 Å². The Morgan fingerprint density at radius 1 is 1.48 bits per heavy atom. The minimum atomic E-state index is 0.344. The van der Waals surface area contributed by atoms with E-state index in [1.54, 1.807) is 11.3 Å². The predicted molar refractivity (Wildman–Crippen MR) is 88.1 cm³/mol. The average Bonchev–Trinajstić information content (AvgIpc) is 3.13. The standard InChI is InChI=1S/C15H26N4OS/c1-12-11-21-14(19-12)7-3-4-8-17-15(16-2)18-10-13-6-5-9-20-13/h11,13H,3-10H2,1-2H3,(H2,16,17,18). The first-order valence-corrected chi connectivity index (χ1v) is 8.63. The molecule has 0 radical (unpaired) electrons. The SMILES string of the molecule is CN=C(NCCCCc1nc(C)cs1)NCC1CCCO1. The van der Waals surface area contributed by atoms with Crippen molar-refractivity contribution in [3.8, 4) is 0 Å². The normalized spacial score (nSPS) is 19.0. The monoisotopic (exact) mass is 310 g/mol. The third-order valence-corrected chi connectivity index (χ3v) is 4.55. The molecule has 1 aliphatic heterocycles. The zero-order valence-electron chi connectivity index (χ0n) is 13.0. The lowest BCUT2D eigenvalue weighted by molar-refractivity contribution is 0.114. The van der Waals surface area contributed by atoms with Crippen LogP contribution in [0, 0.1) is 6.92 Å². The van der Waals surface area contributed by atoms with Crippen molar-refractivity contribution < 1.29 is 4.74 Å². The number of rotatable bonds is 7. The van der Waals surface area contributed by atoms with Crippen molar-refractivity contribution in [1.29, 1.82) is 0 Å². The Labute approximate surface area is 131 Å². The fourth-order valence-electron chi connectivity index (χ4n) is 2.36. The highest BCUT2D eigenvalue weighted by molar-refractivity contribution is 7.09. The molecule has 2 rings (SSSR count). The molecular formula is C15H26N4OS. The second-order valence-corrected chi connectivity index (χ2v) is 6.30. The summed E-state index contributed by atoms with van der Waals surface area (Å²) in [6, 6.07) is 0. The number of guanidine groups is 1. The maximum atomic E-state index is 5.59. The van der Waals surface area contributed by atoms with Crippen molar-refractivity contribution in [3.63, 3.8) is 0 Å². The summed E-state index contributed by atoms with van der Waals surface area (Å²) in [6.45, 7) is 4.73. The number of thiazole rings is 1. The summed E-state index contributed by atoms with van der Waals surface area (Å²) in [4.78, 5) is 8.72. The van der Waals surface area contributed by atoms with E-state index < -0.39 is 0 Å². The van der Waals surface area contributed by atoms with Gasteiger partial charge in [-0.2, -0.15) is 0 Å². The minimum Gasteiger partial charge on any atom is -0.376 e. The van der Waals surface area contributed by atoms with E-state index >= 15 is 0 Å². The Kier molecular flexibility index (Phi) is 6.95. The Bertz CT molecular complexity index is 441. The number of aromatic nitrogens is 1. The van der Waals surface area contributed by atoms with E-state index in [0.29, 0.717) is 6.10 Å². The number of nitrogens with one attached hydrogen (secondary N) is 2. The van der Waals surface area contributed by atoms with Gasteiger partial charge in [-0.3, -0.25) is 4.99 Å². The molecule has 0 bridgehead atoms. The highest BCUT2D eigenvalue weighted by Crippen LogP contribution is 2.11. The maximum Gasteiger partial charge on any atom is 0.191 e. The van der Waals surface area contributed by atoms with Crippen LogP contribution in [0.15, 0.2) is 10.4 Å². The molecule has 2 N–H and O–H groups in total. The molecule has 0 aromatic carbocycles. The van der Waals surface area contributed by atoms with Gasteiger partial charge in [-0.1, -0.05) is 0 Å². The third-order valence-electron chi connectivity index (χ3n) is 3.52. The van der Waals surface area contributed by atoms with E-state index in [0.717, 1.165) is 57.0 Å². The van der Waals surface area contributed by atoms with Gasteiger partial charge in [0, 0.05) is 37.8 Å². The molecule has 1 aliphatic rings. The van der Waals surface area contributed by atoms with Crippen LogP contribution in [0.2, 0.25) is 0 Å². The third kappa shape index (κ3) is 6.01. The van der Waals surface area contributed by atoms with E-state index in [9.17, 15) is 0 Å². The van der Waals surface area contributed by atoms with Crippen LogP contribution >= 0.6 is 11.3 Å². The second-order valence-electron chi connectivity index (χ2n) is 5.35. The van der Waals surface area contributed by atoms with Crippen LogP contribution in [0.1, 0.15) is 36.4 Å². The fourth-order valence-corrected chi connectivity index (χ4v) is 3.18. The van der Waals surface area contributed by atoms with Crippen LogP contribution in [-0.4, -0.2) is 43.8 Å². The molecule has 21 heavy (non-hydrogen) atoms. The van der Waals surface area contributed by atoms with Crippen LogP contribution < -0.4 is 10.6 Å². The summed E-state index contributed by atoms with van der Waals surface area (Å²) in [5.74, 6) is 0.871. The lowest BCUT2D eigenvalue weighted by Gasteiger charge is -2.14. The molecule has 1 aromatic rings. The Morgan fingerprint density at radius 2 is 2.38 bits per heavy atom. The number of nitrogens with zero attached hydrogens (tertiary/aromatic N) is 2. The Hall–Kier alpha value is -1.14. The summed E-state index contributed by atoms with van der Waals surface area (Å²) in [6.07, 6.45) is 6.02. The van der Waals surface area contributed by atoms with Crippen LogP contribution in [0.4, 0.5) is 0 Å². The van der Waals surface area contributed by atoms with E-state index in [1.165, 1.54) is 11.4 Å². The summed E-state index contributed by atoms with van der Waals surface area (Å²) in [7, 11) is 1.81. The molecule has 2 heterocycles. The average molecular weight is 310 g/mol. The van der Waals surface area contributed by atoms with Gasteiger partial charge in [0.2, 0.25) is 0 Å². The first-order chi connectivity index (χ1) is 10.3. The van der Waals surface area contributed by atoms with E-state index in [-0.39, 0.29) is 0 Å². The summed E-state index contributed by atoms with van der Waals surface area (Å²) < 4.78 is 5.59. The Morgan fingerprint density at radius 3 is 3.05 bits per heavy atom.